The van der Waals surface area contributed by atoms with Gasteiger partial charge in [-0.05, 0) is 59.2 Å². The van der Waals surface area contributed by atoms with Crippen molar-refractivity contribution < 1.29 is 0 Å². The number of anilines is 2. The van der Waals surface area contributed by atoms with Crippen LogP contribution >= 0.6 is 0 Å². The number of hydrogen-bond donors (Lipinski definition) is 0. The highest BCUT2D eigenvalue weighted by molar-refractivity contribution is 6.24. The first-order valence-electron chi connectivity index (χ1n) is 24.0. The molecule has 0 saturated carbocycles. The van der Waals surface area contributed by atoms with Crippen LogP contribution in [0.25, 0.3) is 106 Å². The van der Waals surface area contributed by atoms with Crippen LogP contribution in [0.15, 0.2) is 237 Å². The minimum Gasteiger partial charge on any atom is -0.332 e. The molecule has 7 heteroatoms. The fourth-order valence-electron chi connectivity index (χ4n) is 11.6. The Morgan fingerprint density at radius 3 is 1.41 bits per heavy atom. The quantitative estimate of drug-likeness (QED) is 0.167. The fourth-order valence-corrected chi connectivity index (χ4v) is 11.6. The topological polar surface area (TPSA) is 56.7 Å². The lowest BCUT2D eigenvalue weighted by Crippen LogP contribution is -2.28. The zero-order valence-corrected chi connectivity index (χ0v) is 37.8. The van der Waals surface area contributed by atoms with Crippen LogP contribution in [-0.2, 0) is 0 Å². The Balaban J connectivity index is 1.08. The van der Waals surface area contributed by atoms with E-state index in [2.05, 4.69) is 255 Å². The van der Waals surface area contributed by atoms with Crippen LogP contribution in [0.2, 0.25) is 0 Å². The van der Waals surface area contributed by atoms with Gasteiger partial charge >= 0.3 is 0 Å². The van der Waals surface area contributed by atoms with Gasteiger partial charge in [0, 0.05) is 55.2 Å². The second kappa shape index (κ2) is 15.1. The van der Waals surface area contributed by atoms with E-state index in [4.69, 9.17) is 15.0 Å². The highest BCUT2D eigenvalue weighted by atomic mass is 15.3. The van der Waals surface area contributed by atoms with Gasteiger partial charge in [0.15, 0.2) is 5.82 Å². The first kappa shape index (κ1) is 38.7. The van der Waals surface area contributed by atoms with Crippen LogP contribution in [-0.4, -0.2) is 34.7 Å². The Hall–Kier alpha value is -9.33. The van der Waals surface area contributed by atoms with Crippen molar-refractivity contribution >= 4 is 76.8 Å². The maximum absolute atomic E-state index is 5.73. The number of rotatable bonds is 6. The molecule has 15 rings (SSSR count). The van der Waals surface area contributed by atoms with Crippen LogP contribution in [0.5, 0.6) is 0 Å². The molecule has 328 valence electrons. The molecule has 9 aromatic carbocycles. The molecule has 0 saturated heterocycles. The molecule has 2 atom stereocenters. The lowest BCUT2D eigenvalue weighted by Gasteiger charge is -2.29. The van der Waals surface area contributed by atoms with Gasteiger partial charge in [0.1, 0.15) is 0 Å². The van der Waals surface area contributed by atoms with Crippen LogP contribution in [0.3, 0.4) is 0 Å². The molecule has 2 aliphatic rings. The van der Waals surface area contributed by atoms with Crippen molar-refractivity contribution in [1.82, 2.24) is 28.7 Å². The molecular weight excluding hydrogens is 855 g/mol. The van der Waals surface area contributed by atoms with Crippen molar-refractivity contribution in [1.29, 1.82) is 0 Å². The van der Waals surface area contributed by atoms with Gasteiger partial charge in [0.25, 0.3) is 0 Å². The highest BCUT2D eigenvalue weighted by Gasteiger charge is 2.40. The Kier molecular flexibility index (Phi) is 8.35. The van der Waals surface area contributed by atoms with E-state index in [0.29, 0.717) is 17.7 Å². The lowest BCUT2D eigenvalue weighted by atomic mass is 9.91. The molecule has 1 aliphatic heterocycles. The number of allylic oxidation sites excluding steroid dienone is 2. The van der Waals surface area contributed by atoms with E-state index < -0.39 is 0 Å². The molecule has 5 heterocycles. The van der Waals surface area contributed by atoms with Gasteiger partial charge in [0.05, 0.1) is 44.8 Å². The van der Waals surface area contributed by atoms with Gasteiger partial charge < -0.3 is 9.47 Å². The van der Waals surface area contributed by atoms with Crippen molar-refractivity contribution in [3.63, 3.8) is 0 Å². The van der Waals surface area contributed by atoms with Crippen LogP contribution in [0, 0.1) is 0 Å². The first-order chi connectivity index (χ1) is 34.8. The second-order valence-electron chi connectivity index (χ2n) is 18.3. The molecule has 0 radical (unpaired) electrons. The number of nitrogens with zero attached hydrogens (tertiary/aromatic N) is 7. The summed E-state index contributed by atoms with van der Waals surface area (Å²) in [7, 11) is 0. The summed E-state index contributed by atoms with van der Waals surface area (Å²) in [5, 5.41) is 6.86. The number of benzene rings is 9. The summed E-state index contributed by atoms with van der Waals surface area (Å²) < 4.78 is 7.00. The van der Waals surface area contributed by atoms with Crippen molar-refractivity contribution in [2.45, 2.75) is 12.0 Å². The standard InChI is InChI=1S/C63H41N7/c1-4-18-40(19-5-1)41-32-34-42(35-33-41)61-64-62(69-55-30-16-12-26-47(55)51-38-36-49-45-24-10-14-28-53(45)67(57(49)59(51)69)43-20-6-2-7-21-43)66-63(65-61)70-56-31-17-13-27-48(56)52-39-37-50-46-25-11-15-29-54(46)68(58(50)60(52)70)44-22-8-3-9-23-44/h1-39,45,53H. The molecule has 1 aliphatic carbocycles. The van der Waals surface area contributed by atoms with E-state index in [-0.39, 0.29) is 12.0 Å². The maximum Gasteiger partial charge on any atom is 0.240 e. The van der Waals surface area contributed by atoms with Gasteiger partial charge in [-0.2, -0.15) is 15.0 Å². The maximum atomic E-state index is 5.73. The molecule has 0 fully saturated rings. The molecule has 2 unspecified atom stereocenters. The summed E-state index contributed by atoms with van der Waals surface area (Å²) in [6.45, 7) is 0. The van der Waals surface area contributed by atoms with Crippen LogP contribution < -0.4 is 4.90 Å². The van der Waals surface area contributed by atoms with Crippen LogP contribution in [0.4, 0.5) is 11.4 Å². The summed E-state index contributed by atoms with van der Waals surface area (Å²) in [4.78, 5) is 19.4. The van der Waals surface area contributed by atoms with E-state index in [1.54, 1.807) is 0 Å². The average Bonchev–Trinajstić information content (AvgIpc) is 4.17. The molecule has 0 N–H and O–H groups in total. The number of aromatic nitrogens is 6. The molecule has 13 aromatic rings. The highest BCUT2D eigenvalue weighted by Crippen LogP contribution is 2.53. The second-order valence-corrected chi connectivity index (χ2v) is 18.3. The first-order valence-corrected chi connectivity index (χ1v) is 24.0. The Labute approximate surface area is 402 Å². The Morgan fingerprint density at radius 2 is 0.786 bits per heavy atom. The van der Waals surface area contributed by atoms with Crippen molar-refractivity contribution in [3.05, 3.63) is 242 Å². The van der Waals surface area contributed by atoms with E-state index in [0.717, 1.165) is 93.8 Å². The van der Waals surface area contributed by atoms with Gasteiger partial charge in [-0.1, -0.05) is 194 Å². The number of para-hydroxylation sites is 5. The minimum absolute atomic E-state index is 0.100. The summed E-state index contributed by atoms with van der Waals surface area (Å²) in [6, 6.07) is 76.0. The molecule has 7 nitrogen and oxygen atoms in total. The fraction of sp³-hybridized carbons (Fsp3) is 0.0317. The predicted molar refractivity (Wildman–Crippen MR) is 287 cm³/mol. The monoisotopic (exact) mass is 895 g/mol. The molecular formula is C63H41N7. The van der Waals surface area contributed by atoms with Crippen molar-refractivity contribution in [3.8, 4) is 40.1 Å². The molecule has 0 amide bonds. The van der Waals surface area contributed by atoms with Crippen molar-refractivity contribution in [2.75, 3.05) is 4.90 Å². The summed E-state index contributed by atoms with van der Waals surface area (Å²) in [6.07, 6.45) is 9.06. The van der Waals surface area contributed by atoms with E-state index in [1.807, 2.05) is 0 Å². The third-order valence-electron chi connectivity index (χ3n) is 14.6. The lowest BCUT2D eigenvalue weighted by molar-refractivity contribution is 0.745. The third kappa shape index (κ3) is 5.60. The third-order valence-corrected chi connectivity index (χ3v) is 14.6. The van der Waals surface area contributed by atoms with Gasteiger partial charge in [-0.25, -0.2) is 0 Å². The predicted octanol–water partition coefficient (Wildman–Crippen LogP) is 15.2. The SMILES string of the molecule is C1=CC2c3ccc4c5ccccc5n(-c5nc(-c6ccc(-c7ccccc7)cc6)nc(-n6c7ccccc7c7ccc8c9ccccc9n(-c9ccccc9)c8c76)n5)c4c3N(c3ccccc3)C2C=C1. The van der Waals surface area contributed by atoms with E-state index >= 15 is 0 Å². The molecule has 70 heavy (non-hydrogen) atoms. The zero-order valence-electron chi connectivity index (χ0n) is 37.8. The summed E-state index contributed by atoms with van der Waals surface area (Å²) in [5.74, 6) is 1.83. The minimum atomic E-state index is 0.100. The van der Waals surface area contributed by atoms with E-state index in [1.165, 1.54) is 10.9 Å². The van der Waals surface area contributed by atoms with Gasteiger partial charge in [-0.15, -0.1) is 0 Å². The molecule has 0 bridgehead atoms. The molecule has 0 spiro atoms. The number of fused-ring (bicyclic) bond motifs is 14. The number of hydrogen-bond acceptors (Lipinski definition) is 4. The Morgan fingerprint density at radius 1 is 0.329 bits per heavy atom. The smallest absolute Gasteiger partial charge is 0.240 e. The van der Waals surface area contributed by atoms with Gasteiger partial charge in [-0.3, -0.25) is 9.13 Å². The largest absolute Gasteiger partial charge is 0.332 e. The Bertz CT molecular complexity index is 4290. The van der Waals surface area contributed by atoms with Crippen molar-refractivity contribution in [2.24, 2.45) is 0 Å². The van der Waals surface area contributed by atoms with E-state index in [9.17, 15) is 0 Å². The zero-order chi connectivity index (χ0) is 45.9. The van der Waals surface area contributed by atoms with Gasteiger partial charge in [0.2, 0.25) is 11.9 Å². The summed E-state index contributed by atoms with van der Waals surface area (Å²) >= 11 is 0. The summed E-state index contributed by atoms with van der Waals surface area (Å²) in [5.41, 5.74) is 14.2. The normalized spacial score (nSPS) is 15.3. The van der Waals surface area contributed by atoms with Crippen LogP contribution in [0.1, 0.15) is 11.5 Å². The molecule has 4 aromatic heterocycles. The average molecular weight is 896 g/mol.